The molecule has 0 aliphatic rings. The molecule has 0 aliphatic heterocycles. The summed E-state index contributed by atoms with van der Waals surface area (Å²) in [7, 11) is 0. The molecule has 104 valence electrons. The third kappa shape index (κ3) is 3.01. The van der Waals surface area contributed by atoms with Gasteiger partial charge in [-0.1, -0.05) is 29.3 Å². The van der Waals surface area contributed by atoms with Crippen LogP contribution < -0.4 is 0 Å². The number of benzene rings is 1. The van der Waals surface area contributed by atoms with Crippen LogP contribution in [-0.2, 0) is 0 Å². The van der Waals surface area contributed by atoms with E-state index in [-0.39, 0.29) is 0 Å². The van der Waals surface area contributed by atoms with Gasteiger partial charge in [0.15, 0.2) is 0 Å². The number of hydrogen-bond acceptors (Lipinski definition) is 3. The summed E-state index contributed by atoms with van der Waals surface area (Å²) in [5, 5.41) is 0.934. The maximum atomic E-state index is 12.9. The van der Waals surface area contributed by atoms with Gasteiger partial charge in [0.05, 0.1) is 33.3 Å². The first-order valence-corrected chi connectivity index (χ1v) is 6.78. The Labute approximate surface area is 130 Å². The first kappa shape index (κ1) is 13.9. The number of pyridine rings is 1. The second kappa shape index (κ2) is 5.76. The Kier molecular flexibility index (Phi) is 3.82. The van der Waals surface area contributed by atoms with Crippen molar-refractivity contribution in [3.63, 3.8) is 0 Å². The number of aromatic nitrogens is 3. The Morgan fingerprint density at radius 2 is 1.57 bits per heavy atom. The number of rotatable bonds is 2. The average Bonchev–Trinajstić information content (AvgIpc) is 2.51. The lowest BCUT2D eigenvalue weighted by Gasteiger charge is -2.05. The lowest BCUT2D eigenvalue weighted by Crippen LogP contribution is -1.92. The van der Waals surface area contributed by atoms with Crippen LogP contribution in [0, 0.1) is 5.82 Å². The maximum absolute atomic E-state index is 12.9. The van der Waals surface area contributed by atoms with Gasteiger partial charge in [0.2, 0.25) is 0 Å². The van der Waals surface area contributed by atoms with Crippen LogP contribution in [0.2, 0.25) is 10.0 Å². The van der Waals surface area contributed by atoms with Gasteiger partial charge in [-0.3, -0.25) is 4.98 Å². The summed E-state index contributed by atoms with van der Waals surface area (Å²) in [6.07, 6.45) is 2.58. The average molecular weight is 320 g/mol. The Morgan fingerprint density at radius 1 is 0.762 bits per heavy atom. The van der Waals surface area contributed by atoms with Crippen LogP contribution in [-0.4, -0.2) is 15.0 Å². The highest BCUT2D eigenvalue weighted by Gasteiger charge is 2.07. The minimum Gasteiger partial charge on any atom is -0.252 e. The van der Waals surface area contributed by atoms with E-state index in [0.29, 0.717) is 27.1 Å². The maximum Gasteiger partial charge on any atom is 0.141 e. The molecule has 0 saturated heterocycles. The molecular formula is C15H8Cl2FN3. The fourth-order valence-corrected chi connectivity index (χ4v) is 2.14. The van der Waals surface area contributed by atoms with E-state index in [0.717, 1.165) is 11.8 Å². The second-order valence-electron chi connectivity index (χ2n) is 4.28. The molecule has 3 nitrogen and oxygen atoms in total. The number of hydrogen-bond donors (Lipinski definition) is 0. The normalized spacial score (nSPS) is 10.6. The summed E-state index contributed by atoms with van der Waals surface area (Å²) in [4.78, 5) is 12.4. The first-order chi connectivity index (χ1) is 10.1. The zero-order chi connectivity index (χ0) is 14.8. The predicted molar refractivity (Wildman–Crippen MR) is 80.7 cm³/mol. The summed E-state index contributed by atoms with van der Waals surface area (Å²) in [5.41, 5.74) is 2.67. The largest absolute Gasteiger partial charge is 0.252 e. The monoisotopic (exact) mass is 319 g/mol. The molecule has 0 radical (unpaired) electrons. The molecule has 0 N–H and O–H groups in total. The third-order valence-electron chi connectivity index (χ3n) is 2.87. The Balaban J connectivity index is 2.03. The van der Waals surface area contributed by atoms with E-state index in [1.807, 2.05) is 6.07 Å². The van der Waals surface area contributed by atoms with Crippen LogP contribution in [0.1, 0.15) is 0 Å². The van der Waals surface area contributed by atoms with E-state index >= 15 is 0 Å². The zero-order valence-electron chi connectivity index (χ0n) is 10.6. The Hall–Kier alpha value is -2.04. The van der Waals surface area contributed by atoms with Crippen molar-refractivity contribution in [2.75, 3.05) is 0 Å². The minimum atomic E-state index is -0.391. The molecule has 0 fully saturated rings. The highest BCUT2D eigenvalue weighted by Crippen LogP contribution is 2.28. The van der Waals surface area contributed by atoms with Crippen molar-refractivity contribution in [3.05, 3.63) is 64.8 Å². The fourth-order valence-electron chi connectivity index (χ4n) is 1.84. The molecule has 1 aromatic carbocycles. The molecule has 3 aromatic rings. The fraction of sp³-hybridized carbons (Fsp3) is 0. The molecule has 0 bridgehead atoms. The second-order valence-corrected chi connectivity index (χ2v) is 5.09. The van der Waals surface area contributed by atoms with Crippen LogP contribution in [0.4, 0.5) is 4.39 Å². The SMILES string of the molecule is Fc1ccc(-c2cc(-c3ccc(Cl)c(Cl)c3)ncn2)nc1. The highest BCUT2D eigenvalue weighted by molar-refractivity contribution is 6.42. The topological polar surface area (TPSA) is 38.7 Å². The molecule has 2 heterocycles. The van der Waals surface area contributed by atoms with Crippen LogP contribution in [0.25, 0.3) is 22.6 Å². The van der Waals surface area contributed by atoms with E-state index in [1.54, 1.807) is 24.3 Å². The van der Waals surface area contributed by atoms with Gasteiger partial charge in [0.25, 0.3) is 0 Å². The van der Waals surface area contributed by atoms with Gasteiger partial charge < -0.3 is 0 Å². The van der Waals surface area contributed by atoms with Gasteiger partial charge in [-0.05, 0) is 30.3 Å². The minimum absolute atomic E-state index is 0.391. The van der Waals surface area contributed by atoms with Gasteiger partial charge in [-0.2, -0.15) is 0 Å². The van der Waals surface area contributed by atoms with Gasteiger partial charge in [-0.15, -0.1) is 0 Å². The van der Waals surface area contributed by atoms with E-state index in [1.165, 1.54) is 12.4 Å². The van der Waals surface area contributed by atoms with E-state index in [9.17, 15) is 4.39 Å². The smallest absolute Gasteiger partial charge is 0.141 e. The van der Waals surface area contributed by atoms with E-state index in [4.69, 9.17) is 23.2 Å². The number of halogens is 3. The number of nitrogens with zero attached hydrogens (tertiary/aromatic N) is 3. The molecule has 0 amide bonds. The molecule has 3 rings (SSSR count). The highest BCUT2D eigenvalue weighted by atomic mass is 35.5. The van der Waals surface area contributed by atoms with Crippen LogP contribution in [0.5, 0.6) is 0 Å². The van der Waals surface area contributed by atoms with Gasteiger partial charge >= 0.3 is 0 Å². The van der Waals surface area contributed by atoms with E-state index < -0.39 is 5.82 Å². The molecule has 21 heavy (non-hydrogen) atoms. The Bertz CT molecular complexity index is 791. The van der Waals surface area contributed by atoms with Gasteiger partial charge in [0.1, 0.15) is 12.1 Å². The molecular weight excluding hydrogens is 312 g/mol. The van der Waals surface area contributed by atoms with Crippen LogP contribution >= 0.6 is 23.2 Å². The molecule has 0 spiro atoms. The lowest BCUT2D eigenvalue weighted by molar-refractivity contribution is 0.622. The summed E-state index contributed by atoms with van der Waals surface area (Å²) >= 11 is 11.9. The summed E-state index contributed by atoms with van der Waals surface area (Å²) < 4.78 is 12.9. The summed E-state index contributed by atoms with van der Waals surface area (Å²) in [6, 6.07) is 9.92. The lowest BCUT2D eigenvalue weighted by atomic mass is 10.1. The van der Waals surface area contributed by atoms with Crippen molar-refractivity contribution in [1.29, 1.82) is 0 Å². The van der Waals surface area contributed by atoms with Crippen LogP contribution in [0.15, 0.2) is 48.9 Å². The molecule has 0 aliphatic carbocycles. The van der Waals surface area contributed by atoms with E-state index in [2.05, 4.69) is 15.0 Å². The predicted octanol–water partition coefficient (Wildman–Crippen LogP) is 4.65. The summed E-state index contributed by atoms with van der Waals surface area (Å²) in [5.74, 6) is -0.391. The molecule has 2 aromatic heterocycles. The molecule has 0 saturated carbocycles. The van der Waals surface area contributed by atoms with Gasteiger partial charge in [-0.25, -0.2) is 14.4 Å². The standard InChI is InChI=1S/C15H8Cl2FN3/c16-11-3-1-9(5-12(11)17)14-6-15(21-8-20-14)13-4-2-10(18)7-19-13/h1-8H. The Morgan fingerprint density at radius 3 is 2.29 bits per heavy atom. The van der Waals surface area contributed by atoms with Crippen molar-refractivity contribution in [2.24, 2.45) is 0 Å². The molecule has 0 unspecified atom stereocenters. The summed E-state index contributed by atoms with van der Waals surface area (Å²) in [6.45, 7) is 0. The first-order valence-electron chi connectivity index (χ1n) is 6.03. The molecule has 6 heteroatoms. The van der Waals surface area contributed by atoms with Crippen molar-refractivity contribution < 1.29 is 4.39 Å². The molecule has 0 atom stereocenters. The van der Waals surface area contributed by atoms with Crippen molar-refractivity contribution >= 4 is 23.2 Å². The quantitative estimate of drug-likeness (QED) is 0.690. The van der Waals surface area contributed by atoms with Crippen molar-refractivity contribution in [1.82, 2.24) is 15.0 Å². The van der Waals surface area contributed by atoms with Crippen LogP contribution in [0.3, 0.4) is 0 Å². The zero-order valence-corrected chi connectivity index (χ0v) is 12.1. The van der Waals surface area contributed by atoms with Crippen molar-refractivity contribution in [2.45, 2.75) is 0 Å². The van der Waals surface area contributed by atoms with Gasteiger partial charge in [0, 0.05) is 5.56 Å². The van der Waals surface area contributed by atoms with Crippen molar-refractivity contribution in [3.8, 4) is 22.6 Å². The third-order valence-corrected chi connectivity index (χ3v) is 3.61.